The lowest BCUT2D eigenvalue weighted by molar-refractivity contribution is -0.137. The maximum absolute atomic E-state index is 14.1. The Balaban J connectivity index is 2.18. The summed E-state index contributed by atoms with van der Waals surface area (Å²) in [5.74, 6) is -1.42. The summed E-state index contributed by atoms with van der Waals surface area (Å²) in [5.41, 5.74) is 2.23. The van der Waals surface area contributed by atoms with E-state index in [-0.39, 0.29) is 18.1 Å². The molecule has 0 spiro atoms. The van der Waals surface area contributed by atoms with Gasteiger partial charge in [0.25, 0.3) is 5.56 Å². The summed E-state index contributed by atoms with van der Waals surface area (Å²) in [7, 11) is 0. The number of aromatic nitrogens is 3. The molecule has 0 bridgehead atoms. The van der Waals surface area contributed by atoms with Crippen LogP contribution in [0.25, 0.3) is 32.9 Å². The Bertz CT molecular complexity index is 1330. The predicted molar refractivity (Wildman–Crippen MR) is 110 cm³/mol. The van der Waals surface area contributed by atoms with Gasteiger partial charge in [0.15, 0.2) is 0 Å². The number of hydrogen-bond donors (Lipinski definition) is 1. The average Bonchev–Trinajstić information content (AvgIpc) is 2.93. The van der Waals surface area contributed by atoms with E-state index >= 15 is 0 Å². The molecule has 29 heavy (non-hydrogen) atoms. The second-order valence-electron chi connectivity index (χ2n) is 7.34. The van der Waals surface area contributed by atoms with E-state index in [2.05, 4.69) is 5.10 Å². The quantitative estimate of drug-likeness (QED) is 0.566. The van der Waals surface area contributed by atoms with E-state index in [4.69, 9.17) is 0 Å². The molecule has 0 atom stereocenters. The molecular weight excluding hydrogens is 373 g/mol. The molecule has 0 fully saturated rings. The first-order valence-corrected chi connectivity index (χ1v) is 9.31. The zero-order chi connectivity index (χ0) is 20.9. The highest BCUT2D eigenvalue weighted by Gasteiger charge is 2.22. The molecule has 1 N–H and O–H groups in total. The fraction of sp³-hybridized carbons (Fsp3) is 0.227. The number of rotatable bonds is 4. The third-order valence-corrected chi connectivity index (χ3v) is 5.13. The van der Waals surface area contributed by atoms with E-state index in [0.29, 0.717) is 38.6 Å². The van der Waals surface area contributed by atoms with Crippen LogP contribution in [0, 0.1) is 12.7 Å². The lowest BCUT2D eigenvalue weighted by Gasteiger charge is -2.14. The highest BCUT2D eigenvalue weighted by molar-refractivity contribution is 6.05. The molecule has 148 valence electrons. The standard InChI is InChI=1S/C22H20FN3O3/c1-12(2)26-22(29)16-7-5-4-6-15(16)21(24-26)20-13(3)25(11-19(27)28)18-9-8-14(23)10-17(18)20/h4-10,12H,11H2,1-3H3,(H,27,28). The van der Waals surface area contributed by atoms with Gasteiger partial charge in [-0.3, -0.25) is 9.59 Å². The van der Waals surface area contributed by atoms with Crippen molar-refractivity contribution < 1.29 is 14.3 Å². The summed E-state index contributed by atoms with van der Waals surface area (Å²) in [6, 6.07) is 11.3. The van der Waals surface area contributed by atoms with Crippen LogP contribution in [0.15, 0.2) is 47.3 Å². The molecule has 2 heterocycles. The predicted octanol–water partition coefficient (Wildman–Crippen LogP) is 4.13. The maximum Gasteiger partial charge on any atom is 0.323 e. The first kappa shape index (κ1) is 18.9. The van der Waals surface area contributed by atoms with Gasteiger partial charge >= 0.3 is 5.97 Å². The van der Waals surface area contributed by atoms with Gasteiger partial charge in [-0.15, -0.1) is 0 Å². The van der Waals surface area contributed by atoms with Crippen LogP contribution in [0.4, 0.5) is 4.39 Å². The molecule has 7 heteroatoms. The van der Waals surface area contributed by atoms with Gasteiger partial charge in [0, 0.05) is 27.5 Å². The minimum atomic E-state index is -0.995. The third kappa shape index (κ3) is 2.99. The molecule has 4 rings (SSSR count). The van der Waals surface area contributed by atoms with Gasteiger partial charge in [-0.05, 0) is 45.0 Å². The summed E-state index contributed by atoms with van der Waals surface area (Å²) in [6.45, 7) is 5.27. The molecule has 4 aromatic rings. The van der Waals surface area contributed by atoms with E-state index in [9.17, 15) is 19.1 Å². The average molecular weight is 393 g/mol. The van der Waals surface area contributed by atoms with Crippen LogP contribution >= 0.6 is 0 Å². The first-order valence-electron chi connectivity index (χ1n) is 9.31. The minimum Gasteiger partial charge on any atom is -0.480 e. The van der Waals surface area contributed by atoms with Gasteiger partial charge in [-0.2, -0.15) is 5.10 Å². The number of benzene rings is 2. The van der Waals surface area contributed by atoms with Gasteiger partial charge in [0.05, 0.1) is 11.4 Å². The SMILES string of the molecule is Cc1c(-c2nn(C(C)C)c(=O)c3ccccc23)c2cc(F)ccc2n1CC(=O)O. The van der Waals surface area contributed by atoms with Crippen LogP contribution in [0.2, 0.25) is 0 Å². The van der Waals surface area contributed by atoms with Gasteiger partial charge in [0.1, 0.15) is 18.1 Å². The summed E-state index contributed by atoms with van der Waals surface area (Å²) < 4.78 is 17.2. The summed E-state index contributed by atoms with van der Waals surface area (Å²) in [6.07, 6.45) is 0. The Morgan fingerprint density at radius 1 is 1.14 bits per heavy atom. The molecule has 0 amide bonds. The minimum absolute atomic E-state index is 0.171. The van der Waals surface area contributed by atoms with Crippen molar-refractivity contribution in [2.45, 2.75) is 33.4 Å². The van der Waals surface area contributed by atoms with Crippen LogP contribution in [0.3, 0.4) is 0 Å². The second-order valence-corrected chi connectivity index (χ2v) is 7.34. The van der Waals surface area contributed by atoms with Crippen molar-refractivity contribution in [1.82, 2.24) is 14.3 Å². The Kier molecular flexibility index (Phi) is 4.45. The van der Waals surface area contributed by atoms with Crippen molar-refractivity contribution >= 4 is 27.6 Å². The monoisotopic (exact) mass is 393 g/mol. The number of carboxylic acids is 1. The van der Waals surface area contributed by atoms with Gasteiger partial charge in [-0.1, -0.05) is 18.2 Å². The van der Waals surface area contributed by atoms with Gasteiger partial charge < -0.3 is 9.67 Å². The maximum atomic E-state index is 14.1. The number of carbonyl (C=O) groups is 1. The second kappa shape index (κ2) is 6.84. The first-order chi connectivity index (χ1) is 13.8. The molecule has 0 aliphatic carbocycles. The molecule has 0 saturated carbocycles. The fourth-order valence-electron chi connectivity index (χ4n) is 3.83. The van der Waals surface area contributed by atoms with E-state index in [0.717, 1.165) is 0 Å². The Labute approximate surface area is 165 Å². The van der Waals surface area contributed by atoms with E-state index in [1.165, 1.54) is 16.8 Å². The van der Waals surface area contributed by atoms with Crippen LogP contribution in [0.1, 0.15) is 25.6 Å². The number of fused-ring (bicyclic) bond motifs is 2. The largest absolute Gasteiger partial charge is 0.480 e. The van der Waals surface area contributed by atoms with Crippen LogP contribution < -0.4 is 5.56 Å². The molecule has 2 aromatic heterocycles. The van der Waals surface area contributed by atoms with Crippen LogP contribution in [-0.2, 0) is 11.3 Å². The molecule has 0 aliphatic heterocycles. The van der Waals surface area contributed by atoms with Crippen molar-refractivity contribution in [1.29, 1.82) is 0 Å². The zero-order valence-corrected chi connectivity index (χ0v) is 16.3. The normalized spacial score (nSPS) is 11.6. The van der Waals surface area contributed by atoms with Gasteiger partial charge in [0.2, 0.25) is 0 Å². The highest BCUT2D eigenvalue weighted by Crippen LogP contribution is 2.37. The Morgan fingerprint density at radius 2 is 1.83 bits per heavy atom. The number of aliphatic carboxylic acids is 1. The summed E-state index contributed by atoms with van der Waals surface area (Å²) in [4.78, 5) is 24.3. The fourth-order valence-corrected chi connectivity index (χ4v) is 3.83. The molecule has 0 aliphatic rings. The molecule has 0 saturated heterocycles. The number of halogens is 1. The smallest absolute Gasteiger partial charge is 0.323 e. The van der Waals surface area contributed by atoms with Crippen molar-refractivity contribution in [3.05, 3.63) is 64.3 Å². The van der Waals surface area contributed by atoms with Crippen molar-refractivity contribution in [3.63, 3.8) is 0 Å². The van der Waals surface area contributed by atoms with E-state index in [1.807, 2.05) is 26.0 Å². The van der Waals surface area contributed by atoms with Crippen molar-refractivity contribution in [2.75, 3.05) is 0 Å². The molecule has 2 aromatic carbocycles. The summed E-state index contributed by atoms with van der Waals surface area (Å²) in [5, 5.41) is 15.7. The van der Waals surface area contributed by atoms with Gasteiger partial charge in [-0.25, -0.2) is 9.07 Å². The number of carboxylic acid groups (broad SMARTS) is 1. The topological polar surface area (TPSA) is 77.1 Å². The third-order valence-electron chi connectivity index (χ3n) is 5.13. The Morgan fingerprint density at radius 3 is 2.48 bits per heavy atom. The lowest BCUT2D eigenvalue weighted by atomic mass is 10.0. The van der Waals surface area contributed by atoms with E-state index < -0.39 is 11.8 Å². The number of nitrogens with zero attached hydrogens (tertiary/aromatic N) is 3. The molecule has 0 radical (unpaired) electrons. The lowest BCUT2D eigenvalue weighted by Crippen LogP contribution is -2.25. The van der Waals surface area contributed by atoms with Crippen LogP contribution in [-0.4, -0.2) is 25.4 Å². The summed E-state index contributed by atoms with van der Waals surface area (Å²) >= 11 is 0. The zero-order valence-electron chi connectivity index (χ0n) is 16.3. The van der Waals surface area contributed by atoms with Crippen molar-refractivity contribution in [3.8, 4) is 11.3 Å². The molecule has 0 unspecified atom stereocenters. The molecule has 6 nitrogen and oxygen atoms in total. The number of hydrogen-bond acceptors (Lipinski definition) is 3. The van der Waals surface area contributed by atoms with Crippen LogP contribution in [0.5, 0.6) is 0 Å². The highest BCUT2D eigenvalue weighted by atomic mass is 19.1. The van der Waals surface area contributed by atoms with Crippen molar-refractivity contribution in [2.24, 2.45) is 0 Å². The molecular formula is C22H20FN3O3. The van der Waals surface area contributed by atoms with E-state index in [1.54, 1.807) is 29.7 Å². The Hall–Kier alpha value is -3.48.